The highest BCUT2D eigenvalue weighted by molar-refractivity contribution is 7.80. The van der Waals surface area contributed by atoms with Crippen LogP contribution >= 0.6 is 23.6 Å². The van der Waals surface area contributed by atoms with E-state index in [0.29, 0.717) is 17.2 Å². The number of anilines is 1. The van der Waals surface area contributed by atoms with Crippen molar-refractivity contribution in [3.05, 3.63) is 70.1 Å². The number of hydrogen-bond acceptors (Lipinski definition) is 5. The van der Waals surface area contributed by atoms with Crippen LogP contribution in [0.25, 0.3) is 16.8 Å². The Morgan fingerprint density at radius 3 is 2.75 bits per heavy atom. The third kappa shape index (κ3) is 4.89. The standard InChI is InChI=1S/C25H24N2O3S2/c1-2-30-24(29)22-19-12-5-6-13-20(19)32-23(22)27-25(31)26-21(28)15-14-17-10-7-9-16-8-3-4-11-18(16)17/h3-4,7-11,14-15H,2,5-6,12-13H2,1H3,(H2,26,27,28,31)/b15-14+. The van der Waals surface area contributed by atoms with Crippen LogP contribution < -0.4 is 10.6 Å². The molecular formula is C25H24N2O3S2. The van der Waals surface area contributed by atoms with Crippen LogP contribution in [-0.2, 0) is 22.4 Å². The lowest BCUT2D eigenvalue weighted by molar-refractivity contribution is -0.115. The average molecular weight is 465 g/mol. The van der Waals surface area contributed by atoms with Gasteiger partial charge in [-0.2, -0.15) is 0 Å². The van der Waals surface area contributed by atoms with Crippen LogP contribution in [0.15, 0.2) is 48.5 Å². The van der Waals surface area contributed by atoms with Crippen molar-refractivity contribution in [2.24, 2.45) is 0 Å². The summed E-state index contributed by atoms with van der Waals surface area (Å²) in [4.78, 5) is 26.2. The highest BCUT2D eigenvalue weighted by atomic mass is 32.1. The summed E-state index contributed by atoms with van der Waals surface area (Å²) in [6.07, 6.45) is 7.19. The highest BCUT2D eigenvalue weighted by Crippen LogP contribution is 2.38. The molecule has 0 spiro atoms. The summed E-state index contributed by atoms with van der Waals surface area (Å²) in [5, 5.41) is 8.70. The Bertz CT molecular complexity index is 1210. The molecule has 4 rings (SSSR count). The third-order valence-corrected chi connectivity index (χ3v) is 6.76. The van der Waals surface area contributed by atoms with Crippen molar-refractivity contribution in [2.45, 2.75) is 32.6 Å². The molecule has 0 atom stereocenters. The van der Waals surface area contributed by atoms with Crippen LogP contribution in [0, 0.1) is 0 Å². The lowest BCUT2D eigenvalue weighted by Gasteiger charge is -2.12. The molecular weight excluding hydrogens is 440 g/mol. The van der Waals surface area contributed by atoms with Crippen molar-refractivity contribution in [2.75, 3.05) is 11.9 Å². The van der Waals surface area contributed by atoms with Gasteiger partial charge in [-0.1, -0.05) is 42.5 Å². The van der Waals surface area contributed by atoms with Gasteiger partial charge in [0.25, 0.3) is 0 Å². The van der Waals surface area contributed by atoms with E-state index in [1.165, 1.54) is 22.3 Å². The SMILES string of the molecule is CCOC(=O)c1c(NC(=S)NC(=O)/C=C/c2cccc3ccccc23)sc2c1CCCC2. The fourth-order valence-corrected chi connectivity index (χ4v) is 5.47. The molecule has 0 unspecified atom stereocenters. The zero-order valence-corrected chi connectivity index (χ0v) is 19.4. The van der Waals surface area contributed by atoms with E-state index >= 15 is 0 Å². The van der Waals surface area contributed by atoms with E-state index < -0.39 is 0 Å². The first kappa shape index (κ1) is 22.2. The molecule has 0 saturated heterocycles. The number of aryl methyl sites for hydroxylation is 1. The quantitative estimate of drug-likeness (QED) is 0.297. The maximum Gasteiger partial charge on any atom is 0.341 e. The van der Waals surface area contributed by atoms with E-state index in [0.717, 1.165) is 47.6 Å². The largest absolute Gasteiger partial charge is 0.462 e. The van der Waals surface area contributed by atoms with E-state index in [2.05, 4.69) is 10.6 Å². The second-order valence-electron chi connectivity index (χ2n) is 7.48. The van der Waals surface area contributed by atoms with Gasteiger partial charge in [0.1, 0.15) is 5.00 Å². The molecule has 0 aliphatic heterocycles. The number of carbonyl (C=O) groups is 2. The molecule has 2 aromatic carbocycles. The van der Waals surface area contributed by atoms with Crippen molar-refractivity contribution < 1.29 is 14.3 Å². The van der Waals surface area contributed by atoms with Crippen molar-refractivity contribution in [1.29, 1.82) is 0 Å². The second kappa shape index (κ2) is 10.1. The molecule has 2 N–H and O–H groups in total. The van der Waals surface area contributed by atoms with Crippen LogP contribution in [0.1, 0.15) is 46.1 Å². The van der Waals surface area contributed by atoms with E-state index in [9.17, 15) is 9.59 Å². The zero-order valence-electron chi connectivity index (χ0n) is 17.8. The molecule has 32 heavy (non-hydrogen) atoms. The first-order valence-corrected chi connectivity index (χ1v) is 11.9. The predicted octanol–water partition coefficient (Wildman–Crippen LogP) is 5.48. The maximum absolute atomic E-state index is 12.6. The Morgan fingerprint density at radius 1 is 1.12 bits per heavy atom. The molecule has 1 aliphatic carbocycles. The fourth-order valence-electron chi connectivity index (χ4n) is 3.92. The fraction of sp³-hybridized carbons (Fsp3) is 0.240. The van der Waals surface area contributed by atoms with Gasteiger partial charge in [-0.3, -0.25) is 10.1 Å². The normalized spacial score (nSPS) is 13.0. The summed E-state index contributed by atoms with van der Waals surface area (Å²) in [5.41, 5.74) is 2.55. The van der Waals surface area contributed by atoms with Gasteiger partial charge in [0.2, 0.25) is 5.91 Å². The Kier molecular flexibility index (Phi) is 6.97. The first-order valence-electron chi connectivity index (χ1n) is 10.7. The number of thiophene rings is 1. The molecule has 0 fully saturated rings. The van der Waals surface area contributed by atoms with Gasteiger partial charge in [-0.05, 0) is 72.8 Å². The highest BCUT2D eigenvalue weighted by Gasteiger charge is 2.26. The summed E-state index contributed by atoms with van der Waals surface area (Å²) in [5.74, 6) is -0.686. The molecule has 0 saturated carbocycles. The van der Waals surface area contributed by atoms with Crippen molar-refractivity contribution in [3.8, 4) is 0 Å². The molecule has 0 radical (unpaired) electrons. The molecule has 1 aromatic heterocycles. The molecule has 5 nitrogen and oxygen atoms in total. The van der Waals surface area contributed by atoms with Crippen molar-refractivity contribution in [1.82, 2.24) is 5.32 Å². The third-order valence-electron chi connectivity index (χ3n) is 5.35. The molecule has 0 bridgehead atoms. The van der Waals surface area contributed by atoms with Gasteiger partial charge < -0.3 is 10.1 Å². The van der Waals surface area contributed by atoms with E-state index in [4.69, 9.17) is 17.0 Å². The van der Waals surface area contributed by atoms with Crippen LogP contribution in [-0.4, -0.2) is 23.6 Å². The number of carbonyl (C=O) groups excluding carboxylic acids is 2. The lowest BCUT2D eigenvalue weighted by atomic mass is 9.95. The topological polar surface area (TPSA) is 67.4 Å². The summed E-state index contributed by atoms with van der Waals surface area (Å²) < 4.78 is 5.26. The molecule has 1 amide bonds. The van der Waals surface area contributed by atoms with Gasteiger partial charge in [0.15, 0.2) is 5.11 Å². The van der Waals surface area contributed by atoms with Crippen LogP contribution in [0.2, 0.25) is 0 Å². The van der Waals surface area contributed by atoms with Gasteiger partial charge in [-0.15, -0.1) is 11.3 Å². The average Bonchev–Trinajstić information content (AvgIpc) is 3.15. The zero-order chi connectivity index (χ0) is 22.5. The van der Waals surface area contributed by atoms with E-state index in [1.54, 1.807) is 13.0 Å². The van der Waals surface area contributed by atoms with Crippen LogP contribution in [0.4, 0.5) is 5.00 Å². The number of rotatable bonds is 5. The number of nitrogens with one attached hydrogen (secondary N) is 2. The number of thiocarbonyl (C=S) groups is 1. The number of amides is 1. The minimum Gasteiger partial charge on any atom is -0.462 e. The lowest BCUT2D eigenvalue weighted by Crippen LogP contribution is -2.33. The maximum atomic E-state index is 12.6. The number of hydrogen-bond donors (Lipinski definition) is 2. The molecule has 3 aromatic rings. The summed E-state index contributed by atoms with van der Waals surface area (Å²) in [6.45, 7) is 2.10. The predicted molar refractivity (Wildman–Crippen MR) is 134 cm³/mol. The Balaban J connectivity index is 1.47. The summed E-state index contributed by atoms with van der Waals surface area (Å²) >= 11 is 6.86. The van der Waals surface area contributed by atoms with Crippen LogP contribution in [0.5, 0.6) is 0 Å². The number of fused-ring (bicyclic) bond motifs is 2. The monoisotopic (exact) mass is 464 g/mol. The second-order valence-corrected chi connectivity index (χ2v) is 8.99. The Labute approximate surface area is 196 Å². The minimum absolute atomic E-state index is 0.154. The summed E-state index contributed by atoms with van der Waals surface area (Å²) in [6, 6.07) is 14.0. The molecule has 1 heterocycles. The molecule has 164 valence electrons. The first-order chi connectivity index (χ1) is 15.6. The smallest absolute Gasteiger partial charge is 0.341 e. The molecule has 7 heteroatoms. The van der Waals surface area contributed by atoms with Gasteiger partial charge in [-0.25, -0.2) is 4.79 Å². The minimum atomic E-state index is -0.348. The van der Waals surface area contributed by atoms with Gasteiger partial charge >= 0.3 is 5.97 Å². The van der Waals surface area contributed by atoms with Crippen LogP contribution in [0.3, 0.4) is 0 Å². The van der Waals surface area contributed by atoms with Gasteiger partial charge in [0, 0.05) is 11.0 Å². The Hall–Kier alpha value is -3.03. The number of esters is 1. The van der Waals surface area contributed by atoms with Crippen molar-refractivity contribution in [3.63, 3.8) is 0 Å². The van der Waals surface area contributed by atoms with Crippen molar-refractivity contribution >= 4 is 62.4 Å². The van der Waals surface area contributed by atoms with E-state index in [-0.39, 0.29) is 17.0 Å². The Morgan fingerprint density at radius 2 is 1.91 bits per heavy atom. The molecule has 1 aliphatic rings. The van der Waals surface area contributed by atoms with Gasteiger partial charge in [0.05, 0.1) is 12.2 Å². The van der Waals surface area contributed by atoms with E-state index in [1.807, 2.05) is 42.5 Å². The summed E-state index contributed by atoms with van der Waals surface area (Å²) in [7, 11) is 0. The number of benzene rings is 2. The number of ether oxygens (including phenoxy) is 1.